The van der Waals surface area contributed by atoms with Crippen molar-refractivity contribution in [3.8, 4) is 0 Å². The fourth-order valence-electron chi connectivity index (χ4n) is 3.94. The number of para-hydroxylation sites is 1. The minimum absolute atomic E-state index is 0.00487. The van der Waals surface area contributed by atoms with Crippen LogP contribution in [0.4, 0.5) is 0 Å². The molecule has 4 rings (SSSR count). The molecule has 23 heavy (non-hydrogen) atoms. The first-order valence-corrected chi connectivity index (χ1v) is 9.66. The van der Waals surface area contributed by atoms with Gasteiger partial charge in [-0.15, -0.1) is 0 Å². The third-order valence-corrected chi connectivity index (χ3v) is 6.73. The number of fused-ring (bicyclic) bond motifs is 1. The van der Waals surface area contributed by atoms with E-state index in [-0.39, 0.29) is 22.7 Å². The monoisotopic (exact) mass is 335 g/mol. The van der Waals surface area contributed by atoms with Crippen LogP contribution in [0.2, 0.25) is 0 Å². The maximum absolute atomic E-state index is 12.7. The molecule has 1 aromatic carbocycles. The quantitative estimate of drug-likeness (QED) is 0.912. The van der Waals surface area contributed by atoms with Crippen LogP contribution in [0.15, 0.2) is 39.8 Å². The van der Waals surface area contributed by atoms with Gasteiger partial charge in [0.25, 0.3) is 10.0 Å². The number of benzene rings is 1. The van der Waals surface area contributed by atoms with E-state index >= 15 is 0 Å². The second-order valence-electron chi connectivity index (χ2n) is 6.54. The highest BCUT2D eigenvalue weighted by Crippen LogP contribution is 2.57. The van der Waals surface area contributed by atoms with Crippen molar-refractivity contribution in [3.63, 3.8) is 0 Å². The van der Waals surface area contributed by atoms with Crippen LogP contribution in [0.25, 0.3) is 11.0 Å². The number of ether oxygens (including phenoxy) is 1. The van der Waals surface area contributed by atoms with Gasteiger partial charge in [0.15, 0.2) is 0 Å². The fourth-order valence-corrected chi connectivity index (χ4v) is 5.24. The average molecular weight is 335 g/mol. The molecule has 0 bridgehead atoms. The summed E-state index contributed by atoms with van der Waals surface area (Å²) in [6.45, 7) is 2.66. The van der Waals surface area contributed by atoms with E-state index in [2.05, 4.69) is 4.72 Å². The summed E-state index contributed by atoms with van der Waals surface area (Å²) in [7, 11) is -3.64. The van der Waals surface area contributed by atoms with Gasteiger partial charge in [0.2, 0.25) is 5.09 Å². The van der Waals surface area contributed by atoms with Gasteiger partial charge in [-0.1, -0.05) is 24.6 Å². The zero-order valence-corrected chi connectivity index (χ0v) is 13.9. The summed E-state index contributed by atoms with van der Waals surface area (Å²) in [5.74, 6) is 0. The predicted molar refractivity (Wildman–Crippen MR) is 86.6 cm³/mol. The number of furan rings is 1. The molecular weight excluding hydrogens is 314 g/mol. The van der Waals surface area contributed by atoms with E-state index in [1.165, 1.54) is 0 Å². The van der Waals surface area contributed by atoms with Crippen molar-refractivity contribution in [1.29, 1.82) is 0 Å². The van der Waals surface area contributed by atoms with Crippen molar-refractivity contribution >= 4 is 21.0 Å². The Labute approximate surface area is 136 Å². The van der Waals surface area contributed by atoms with Crippen molar-refractivity contribution in [2.24, 2.45) is 5.41 Å². The summed E-state index contributed by atoms with van der Waals surface area (Å²) >= 11 is 0. The molecule has 2 saturated carbocycles. The maximum Gasteiger partial charge on any atom is 0.274 e. The van der Waals surface area contributed by atoms with E-state index in [4.69, 9.17) is 9.15 Å². The first-order chi connectivity index (χ1) is 11.0. The summed E-state index contributed by atoms with van der Waals surface area (Å²) in [6.07, 6.45) is 4.14. The lowest BCUT2D eigenvalue weighted by molar-refractivity contribution is -0.167. The molecule has 1 aromatic heterocycles. The molecule has 0 saturated heterocycles. The molecule has 124 valence electrons. The molecule has 0 amide bonds. The summed E-state index contributed by atoms with van der Waals surface area (Å²) < 4.78 is 39.4. The van der Waals surface area contributed by atoms with Gasteiger partial charge in [0.1, 0.15) is 5.58 Å². The molecule has 2 atom stereocenters. The average Bonchev–Trinajstić information content (AvgIpc) is 2.89. The van der Waals surface area contributed by atoms with Crippen LogP contribution in [0.5, 0.6) is 0 Å². The van der Waals surface area contributed by atoms with E-state index in [9.17, 15) is 8.42 Å². The second kappa shape index (κ2) is 5.33. The van der Waals surface area contributed by atoms with Gasteiger partial charge < -0.3 is 9.15 Å². The van der Waals surface area contributed by atoms with Gasteiger partial charge in [-0.25, -0.2) is 13.1 Å². The first-order valence-electron chi connectivity index (χ1n) is 8.18. The van der Waals surface area contributed by atoms with Gasteiger partial charge in [-0.05, 0) is 32.3 Å². The molecule has 6 heteroatoms. The van der Waals surface area contributed by atoms with Crippen molar-refractivity contribution in [2.45, 2.75) is 49.8 Å². The van der Waals surface area contributed by atoms with Crippen LogP contribution in [0.3, 0.4) is 0 Å². The van der Waals surface area contributed by atoms with Crippen LogP contribution < -0.4 is 4.72 Å². The van der Waals surface area contributed by atoms with Crippen LogP contribution in [0.1, 0.15) is 32.6 Å². The van der Waals surface area contributed by atoms with Gasteiger partial charge in [-0.2, -0.15) is 0 Å². The largest absolute Gasteiger partial charge is 0.443 e. The summed E-state index contributed by atoms with van der Waals surface area (Å²) in [4.78, 5) is 0. The lowest BCUT2D eigenvalue weighted by Crippen LogP contribution is -2.67. The zero-order valence-electron chi connectivity index (χ0n) is 13.1. The van der Waals surface area contributed by atoms with Crippen molar-refractivity contribution in [2.75, 3.05) is 6.61 Å². The summed E-state index contributed by atoms with van der Waals surface area (Å²) in [5.41, 5.74) is 0.585. The van der Waals surface area contributed by atoms with Gasteiger partial charge in [-0.3, -0.25) is 0 Å². The molecule has 0 radical (unpaired) electrons. The highest BCUT2D eigenvalue weighted by molar-refractivity contribution is 7.89. The van der Waals surface area contributed by atoms with E-state index in [0.29, 0.717) is 12.2 Å². The van der Waals surface area contributed by atoms with Crippen LogP contribution >= 0.6 is 0 Å². The minimum Gasteiger partial charge on any atom is -0.443 e. The topological polar surface area (TPSA) is 68.5 Å². The first kappa shape index (κ1) is 15.2. The van der Waals surface area contributed by atoms with E-state index in [1.807, 2.05) is 25.1 Å². The normalized spacial score (nSPS) is 26.1. The van der Waals surface area contributed by atoms with E-state index in [1.54, 1.807) is 12.1 Å². The standard InChI is InChI=1S/C17H21NO4S/c1-2-21-15-11-14(17(15)8-5-9-17)18-23(19,20)16-10-12-6-3-4-7-13(12)22-16/h3-4,6-7,10,14-15,18H,2,5,8-9,11H2,1H3/t14-,15+/m1/s1. The Kier molecular flexibility index (Phi) is 3.51. The highest BCUT2D eigenvalue weighted by atomic mass is 32.2. The molecule has 0 unspecified atom stereocenters. The zero-order chi connectivity index (χ0) is 16.1. The number of nitrogens with one attached hydrogen (secondary N) is 1. The van der Waals surface area contributed by atoms with Gasteiger partial charge in [0.05, 0.1) is 6.10 Å². The number of hydrogen-bond donors (Lipinski definition) is 1. The minimum atomic E-state index is -3.64. The molecule has 1 N–H and O–H groups in total. The lowest BCUT2D eigenvalue weighted by Gasteiger charge is -2.60. The number of sulfonamides is 1. The molecule has 1 spiro atoms. The highest BCUT2D eigenvalue weighted by Gasteiger charge is 2.59. The van der Waals surface area contributed by atoms with Crippen LogP contribution in [-0.4, -0.2) is 27.2 Å². The molecule has 0 aliphatic heterocycles. The summed E-state index contributed by atoms with van der Waals surface area (Å²) in [5, 5.41) is 0.792. The SMILES string of the molecule is CCO[C@H]1C[C@@H](NS(=O)(=O)c2cc3ccccc3o2)C12CCC2. The molecule has 1 heterocycles. The number of hydrogen-bond acceptors (Lipinski definition) is 4. The molecule has 2 aliphatic carbocycles. The van der Waals surface area contributed by atoms with Crippen molar-refractivity contribution < 1.29 is 17.6 Å². The molecule has 2 aliphatic rings. The van der Waals surface area contributed by atoms with Crippen LogP contribution in [-0.2, 0) is 14.8 Å². The van der Waals surface area contributed by atoms with Gasteiger partial charge >= 0.3 is 0 Å². The predicted octanol–water partition coefficient (Wildman–Crippen LogP) is 3.06. The lowest BCUT2D eigenvalue weighted by atomic mass is 9.51. The Hall–Kier alpha value is -1.37. The molecule has 2 fully saturated rings. The molecule has 2 aromatic rings. The smallest absolute Gasteiger partial charge is 0.274 e. The Morgan fingerprint density at radius 2 is 2.13 bits per heavy atom. The fraction of sp³-hybridized carbons (Fsp3) is 0.529. The van der Waals surface area contributed by atoms with E-state index in [0.717, 1.165) is 31.1 Å². The third-order valence-electron chi connectivity index (χ3n) is 5.40. The third kappa shape index (κ3) is 2.31. The Balaban J connectivity index is 1.56. The van der Waals surface area contributed by atoms with Crippen LogP contribution in [0, 0.1) is 5.41 Å². The summed E-state index contributed by atoms with van der Waals surface area (Å²) in [6, 6.07) is 8.85. The van der Waals surface area contributed by atoms with Gasteiger partial charge in [0, 0.05) is 29.5 Å². The molecular formula is C17H21NO4S. The van der Waals surface area contributed by atoms with Crippen molar-refractivity contribution in [3.05, 3.63) is 30.3 Å². The second-order valence-corrected chi connectivity index (χ2v) is 8.19. The Morgan fingerprint density at radius 1 is 1.35 bits per heavy atom. The van der Waals surface area contributed by atoms with E-state index < -0.39 is 10.0 Å². The number of rotatable bonds is 5. The maximum atomic E-state index is 12.7. The Bertz CT molecular complexity index is 789. The van der Waals surface area contributed by atoms with Crippen molar-refractivity contribution in [1.82, 2.24) is 4.72 Å². The Morgan fingerprint density at radius 3 is 2.78 bits per heavy atom. The molecule has 5 nitrogen and oxygen atoms in total.